The van der Waals surface area contributed by atoms with Crippen molar-refractivity contribution in [3.63, 3.8) is 0 Å². The zero-order valence-electron chi connectivity index (χ0n) is 8.77. The first-order chi connectivity index (χ1) is 6.77. The minimum atomic E-state index is 0.305. The maximum atomic E-state index is 4.29. The zero-order chi connectivity index (χ0) is 9.97. The second kappa shape index (κ2) is 4.05. The van der Waals surface area contributed by atoms with Crippen molar-refractivity contribution in [1.82, 2.24) is 15.3 Å². The molecule has 1 aromatic rings. The molecule has 2 rings (SSSR count). The van der Waals surface area contributed by atoms with Crippen LogP contribution in [0.5, 0.6) is 0 Å². The molecule has 1 heterocycles. The van der Waals surface area contributed by atoms with Gasteiger partial charge in [0, 0.05) is 30.7 Å². The predicted octanol–water partition coefficient (Wildman–Crippen LogP) is 1.93. The smallest absolute Gasteiger partial charge is 0.0753 e. The Morgan fingerprint density at radius 2 is 2.14 bits per heavy atom. The first-order valence-corrected chi connectivity index (χ1v) is 5.29. The van der Waals surface area contributed by atoms with Crippen molar-refractivity contribution in [2.24, 2.45) is 5.92 Å². The van der Waals surface area contributed by atoms with Gasteiger partial charge >= 0.3 is 0 Å². The monoisotopic (exact) mass is 191 g/mol. The number of aromatic nitrogens is 2. The van der Waals surface area contributed by atoms with Crippen LogP contribution in [0.3, 0.4) is 0 Å². The largest absolute Gasteiger partial charge is 0.306 e. The SMILES string of the molecule is CC(NC(C)C1CC1)c1cnccn1. The van der Waals surface area contributed by atoms with E-state index in [0.717, 1.165) is 11.6 Å². The van der Waals surface area contributed by atoms with E-state index in [0.29, 0.717) is 12.1 Å². The van der Waals surface area contributed by atoms with E-state index in [-0.39, 0.29) is 0 Å². The lowest BCUT2D eigenvalue weighted by molar-refractivity contribution is 0.435. The van der Waals surface area contributed by atoms with Crippen molar-refractivity contribution in [3.05, 3.63) is 24.3 Å². The lowest BCUT2D eigenvalue weighted by atomic mass is 10.1. The van der Waals surface area contributed by atoms with Crippen LogP contribution < -0.4 is 5.32 Å². The van der Waals surface area contributed by atoms with Gasteiger partial charge in [0.15, 0.2) is 0 Å². The molecule has 0 spiro atoms. The molecule has 3 nitrogen and oxygen atoms in total. The summed E-state index contributed by atoms with van der Waals surface area (Å²) in [5, 5.41) is 3.56. The summed E-state index contributed by atoms with van der Waals surface area (Å²) >= 11 is 0. The second-order valence-corrected chi connectivity index (χ2v) is 4.14. The highest BCUT2D eigenvalue weighted by Crippen LogP contribution is 2.33. The lowest BCUT2D eigenvalue weighted by Gasteiger charge is -2.18. The van der Waals surface area contributed by atoms with E-state index in [1.165, 1.54) is 12.8 Å². The van der Waals surface area contributed by atoms with Crippen LogP contribution in [0.2, 0.25) is 0 Å². The third-order valence-electron chi connectivity index (χ3n) is 2.87. The normalized spacial score (nSPS) is 20.4. The van der Waals surface area contributed by atoms with Gasteiger partial charge in [0.05, 0.1) is 5.69 Å². The van der Waals surface area contributed by atoms with Gasteiger partial charge in [-0.15, -0.1) is 0 Å². The van der Waals surface area contributed by atoms with Gasteiger partial charge in [0.25, 0.3) is 0 Å². The molecule has 2 unspecified atom stereocenters. The molecule has 1 saturated carbocycles. The fourth-order valence-corrected chi connectivity index (χ4v) is 1.75. The highest BCUT2D eigenvalue weighted by atomic mass is 15.0. The first kappa shape index (κ1) is 9.59. The van der Waals surface area contributed by atoms with Crippen LogP contribution in [-0.4, -0.2) is 16.0 Å². The Bertz CT molecular complexity index is 282. The molecule has 0 radical (unpaired) electrons. The van der Waals surface area contributed by atoms with Gasteiger partial charge in [-0.25, -0.2) is 0 Å². The molecule has 1 aliphatic rings. The van der Waals surface area contributed by atoms with E-state index in [2.05, 4.69) is 29.1 Å². The summed E-state index contributed by atoms with van der Waals surface area (Å²) in [4.78, 5) is 8.36. The molecule has 1 N–H and O–H groups in total. The van der Waals surface area contributed by atoms with E-state index in [9.17, 15) is 0 Å². The van der Waals surface area contributed by atoms with Gasteiger partial charge < -0.3 is 5.32 Å². The molecule has 1 fully saturated rings. The summed E-state index contributed by atoms with van der Waals surface area (Å²) in [5.74, 6) is 0.883. The molecule has 0 saturated heterocycles. The van der Waals surface area contributed by atoms with Crippen LogP contribution in [0.25, 0.3) is 0 Å². The quantitative estimate of drug-likeness (QED) is 0.790. The number of hydrogen-bond acceptors (Lipinski definition) is 3. The molecule has 14 heavy (non-hydrogen) atoms. The van der Waals surface area contributed by atoms with Gasteiger partial charge in [-0.1, -0.05) is 0 Å². The Balaban J connectivity index is 1.91. The zero-order valence-corrected chi connectivity index (χ0v) is 8.77. The summed E-state index contributed by atoms with van der Waals surface area (Å²) in [5.41, 5.74) is 1.03. The van der Waals surface area contributed by atoms with Gasteiger partial charge in [-0.3, -0.25) is 9.97 Å². The van der Waals surface area contributed by atoms with Gasteiger partial charge in [0.2, 0.25) is 0 Å². The average molecular weight is 191 g/mol. The van der Waals surface area contributed by atoms with Crippen LogP contribution in [0.4, 0.5) is 0 Å². The molecule has 0 aromatic carbocycles. The molecule has 76 valence electrons. The van der Waals surface area contributed by atoms with Crippen molar-refractivity contribution in [3.8, 4) is 0 Å². The molecular formula is C11H17N3. The number of nitrogens with one attached hydrogen (secondary N) is 1. The van der Waals surface area contributed by atoms with Crippen molar-refractivity contribution in [2.75, 3.05) is 0 Å². The summed E-state index contributed by atoms with van der Waals surface area (Å²) in [6.07, 6.45) is 8.04. The summed E-state index contributed by atoms with van der Waals surface area (Å²) < 4.78 is 0. The minimum Gasteiger partial charge on any atom is -0.306 e. The highest BCUT2D eigenvalue weighted by Gasteiger charge is 2.28. The van der Waals surface area contributed by atoms with E-state index in [1.807, 2.05) is 6.20 Å². The Kier molecular flexibility index (Phi) is 2.77. The Morgan fingerprint density at radius 3 is 2.71 bits per heavy atom. The molecule has 0 aliphatic heterocycles. The number of rotatable bonds is 4. The van der Waals surface area contributed by atoms with Gasteiger partial charge in [-0.2, -0.15) is 0 Å². The molecule has 0 amide bonds. The van der Waals surface area contributed by atoms with Crippen LogP contribution in [0.15, 0.2) is 18.6 Å². The fraction of sp³-hybridized carbons (Fsp3) is 0.636. The van der Waals surface area contributed by atoms with Crippen molar-refractivity contribution in [2.45, 2.75) is 38.8 Å². The van der Waals surface area contributed by atoms with Crippen molar-refractivity contribution in [1.29, 1.82) is 0 Å². The molecule has 1 aromatic heterocycles. The standard InChI is InChI=1S/C11H17N3/c1-8(10-3-4-10)14-9(2)11-7-12-5-6-13-11/h5-10,14H,3-4H2,1-2H3. The maximum Gasteiger partial charge on any atom is 0.0753 e. The third-order valence-corrected chi connectivity index (χ3v) is 2.87. The van der Waals surface area contributed by atoms with Crippen LogP contribution in [0.1, 0.15) is 38.4 Å². The Morgan fingerprint density at radius 1 is 1.36 bits per heavy atom. The van der Waals surface area contributed by atoms with E-state index in [4.69, 9.17) is 0 Å². The highest BCUT2D eigenvalue weighted by molar-refractivity contribution is 5.01. The van der Waals surface area contributed by atoms with Gasteiger partial charge in [0.1, 0.15) is 0 Å². The topological polar surface area (TPSA) is 37.8 Å². The van der Waals surface area contributed by atoms with E-state index in [1.54, 1.807) is 12.4 Å². The third kappa shape index (κ3) is 2.29. The minimum absolute atomic E-state index is 0.305. The van der Waals surface area contributed by atoms with Crippen molar-refractivity contribution < 1.29 is 0 Å². The molecule has 0 bridgehead atoms. The average Bonchev–Trinajstić information content (AvgIpc) is 3.02. The Hall–Kier alpha value is -0.960. The predicted molar refractivity (Wildman–Crippen MR) is 55.8 cm³/mol. The molecule has 3 heteroatoms. The second-order valence-electron chi connectivity index (χ2n) is 4.14. The molecular weight excluding hydrogens is 174 g/mol. The Labute approximate surface area is 85.0 Å². The fourth-order valence-electron chi connectivity index (χ4n) is 1.75. The number of nitrogens with zero attached hydrogens (tertiary/aromatic N) is 2. The molecule has 1 aliphatic carbocycles. The first-order valence-electron chi connectivity index (χ1n) is 5.29. The van der Waals surface area contributed by atoms with Gasteiger partial charge in [-0.05, 0) is 32.6 Å². The lowest BCUT2D eigenvalue weighted by Crippen LogP contribution is -2.31. The van der Waals surface area contributed by atoms with Crippen LogP contribution >= 0.6 is 0 Å². The molecule has 2 atom stereocenters. The van der Waals surface area contributed by atoms with Crippen molar-refractivity contribution >= 4 is 0 Å². The van der Waals surface area contributed by atoms with E-state index < -0.39 is 0 Å². The summed E-state index contributed by atoms with van der Waals surface area (Å²) in [6.45, 7) is 4.40. The maximum absolute atomic E-state index is 4.29. The number of hydrogen-bond donors (Lipinski definition) is 1. The van der Waals surface area contributed by atoms with Crippen LogP contribution in [0, 0.1) is 5.92 Å². The van der Waals surface area contributed by atoms with E-state index >= 15 is 0 Å². The summed E-state index contributed by atoms with van der Waals surface area (Å²) in [6, 6.07) is 0.909. The summed E-state index contributed by atoms with van der Waals surface area (Å²) in [7, 11) is 0. The van der Waals surface area contributed by atoms with Crippen LogP contribution in [-0.2, 0) is 0 Å².